The van der Waals surface area contributed by atoms with Crippen LogP contribution in [0.2, 0.25) is 24.2 Å². The van der Waals surface area contributed by atoms with Crippen LogP contribution in [0, 0.1) is 0 Å². The van der Waals surface area contributed by atoms with Crippen molar-refractivity contribution in [1.82, 2.24) is 0 Å². The average molecular weight is 368 g/mol. The summed E-state index contributed by atoms with van der Waals surface area (Å²) in [6, 6.07) is 16.2. The Hall–Kier alpha value is -0.626. The van der Waals surface area contributed by atoms with E-state index in [0.717, 1.165) is 6.04 Å². The summed E-state index contributed by atoms with van der Waals surface area (Å²) in [5.74, 6) is 0. The molecule has 0 aliphatic heterocycles. The first-order valence-corrected chi connectivity index (χ1v) is 13.9. The van der Waals surface area contributed by atoms with Crippen LogP contribution in [0.15, 0.2) is 30.3 Å². The molecule has 138 valence electrons. The van der Waals surface area contributed by atoms with Crippen molar-refractivity contribution in [2.45, 2.75) is 64.2 Å². The van der Waals surface area contributed by atoms with Gasteiger partial charge in [0.05, 0.1) is 0 Å². The maximum Gasteiger partial charge on any atom is 0.320 e. The molecule has 0 saturated carbocycles. The average Bonchev–Trinajstić information content (AvgIpc) is 2.65. The molecule has 0 atom stereocenters. The van der Waals surface area contributed by atoms with Crippen molar-refractivity contribution >= 4 is 23.2 Å². The van der Waals surface area contributed by atoms with Crippen molar-refractivity contribution in [3.05, 3.63) is 30.3 Å². The SMILES string of the molecule is CC[Si](CC)(CC)N(CCCCC[SiH](OC)OC)c1ccccc1. The van der Waals surface area contributed by atoms with Crippen LogP contribution in [0.25, 0.3) is 0 Å². The van der Waals surface area contributed by atoms with Crippen LogP contribution in [0.4, 0.5) is 5.69 Å². The van der Waals surface area contributed by atoms with Gasteiger partial charge in [-0.3, -0.25) is 0 Å². The quantitative estimate of drug-likeness (QED) is 0.354. The van der Waals surface area contributed by atoms with Gasteiger partial charge in [-0.15, -0.1) is 0 Å². The molecule has 24 heavy (non-hydrogen) atoms. The van der Waals surface area contributed by atoms with Crippen LogP contribution >= 0.6 is 0 Å². The minimum atomic E-state index is -1.39. The van der Waals surface area contributed by atoms with Crippen molar-refractivity contribution in [1.29, 1.82) is 0 Å². The van der Waals surface area contributed by atoms with E-state index in [4.69, 9.17) is 8.85 Å². The number of nitrogens with zero attached hydrogens (tertiary/aromatic N) is 1. The van der Waals surface area contributed by atoms with Gasteiger partial charge in [0.25, 0.3) is 0 Å². The van der Waals surface area contributed by atoms with Crippen molar-refractivity contribution in [3.63, 3.8) is 0 Å². The summed E-state index contributed by atoms with van der Waals surface area (Å²) in [6.07, 6.45) is 3.75. The maximum atomic E-state index is 5.42. The standard InChI is InChI=1S/C19H37NO2Si2/c1-6-24(7-2,8-3)20(19-15-11-9-12-16-19)17-13-10-14-18-23(21-4)22-5/h9,11-12,15-16,23H,6-8,10,13-14,17-18H2,1-5H3. The molecule has 0 heterocycles. The number of anilines is 1. The lowest BCUT2D eigenvalue weighted by Crippen LogP contribution is -2.53. The molecule has 0 aromatic heterocycles. The number of para-hydroxylation sites is 1. The molecule has 1 rings (SSSR count). The second kappa shape index (κ2) is 11.8. The van der Waals surface area contributed by atoms with Crippen LogP contribution < -0.4 is 4.57 Å². The topological polar surface area (TPSA) is 21.7 Å². The molecular formula is C19H37NO2Si2. The Labute approximate surface area is 152 Å². The summed E-state index contributed by atoms with van der Waals surface area (Å²) in [5, 5.41) is 0. The first kappa shape index (κ1) is 21.4. The highest BCUT2D eigenvalue weighted by molar-refractivity contribution is 6.83. The first-order valence-electron chi connectivity index (χ1n) is 9.55. The van der Waals surface area contributed by atoms with E-state index in [9.17, 15) is 0 Å². The molecule has 0 bridgehead atoms. The van der Waals surface area contributed by atoms with Crippen LogP contribution in [-0.4, -0.2) is 38.3 Å². The van der Waals surface area contributed by atoms with Crippen molar-refractivity contribution in [3.8, 4) is 0 Å². The van der Waals surface area contributed by atoms with E-state index in [1.54, 1.807) is 14.2 Å². The van der Waals surface area contributed by atoms with Gasteiger partial charge in [-0.1, -0.05) is 51.8 Å². The summed E-state index contributed by atoms with van der Waals surface area (Å²) in [5.41, 5.74) is 1.43. The lowest BCUT2D eigenvalue weighted by atomic mass is 10.2. The molecule has 1 aromatic rings. The molecule has 0 N–H and O–H groups in total. The van der Waals surface area contributed by atoms with Crippen LogP contribution in [0.3, 0.4) is 0 Å². The lowest BCUT2D eigenvalue weighted by molar-refractivity contribution is 0.276. The second-order valence-electron chi connectivity index (χ2n) is 6.52. The van der Waals surface area contributed by atoms with E-state index in [2.05, 4.69) is 55.7 Å². The van der Waals surface area contributed by atoms with Gasteiger partial charge in [-0.25, -0.2) is 0 Å². The number of unbranched alkanes of at least 4 members (excludes halogenated alkanes) is 2. The summed E-state index contributed by atoms with van der Waals surface area (Å²) in [6.45, 7) is 8.37. The maximum absolute atomic E-state index is 5.42. The summed E-state index contributed by atoms with van der Waals surface area (Å²) in [7, 11) is 0.792. The van der Waals surface area contributed by atoms with Gasteiger partial charge in [-0.05, 0) is 42.7 Å². The molecular weight excluding hydrogens is 330 g/mol. The number of rotatable bonds is 13. The molecule has 1 aromatic carbocycles. The van der Waals surface area contributed by atoms with Crippen LogP contribution in [0.5, 0.6) is 0 Å². The highest BCUT2D eigenvalue weighted by atomic mass is 28.3. The molecule has 0 aliphatic rings. The van der Waals surface area contributed by atoms with Gasteiger partial charge >= 0.3 is 9.28 Å². The van der Waals surface area contributed by atoms with E-state index in [-0.39, 0.29) is 0 Å². The fraction of sp³-hybridized carbons (Fsp3) is 0.684. The zero-order chi connectivity index (χ0) is 17.8. The Morgan fingerprint density at radius 1 is 0.875 bits per heavy atom. The molecule has 0 spiro atoms. The van der Waals surface area contributed by atoms with Crippen molar-refractivity contribution < 1.29 is 8.85 Å². The van der Waals surface area contributed by atoms with Gasteiger partial charge in [-0.2, -0.15) is 0 Å². The molecule has 5 heteroatoms. The largest absolute Gasteiger partial charge is 0.400 e. The summed E-state index contributed by atoms with van der Waals surface area (Å²) in [4.78, 5) is 0. The van der Waals surface area contributed by atoms with E-state index < -0.39 is 17.5 Å². The third kappa shape index (κ3) is 6.02. The monoisotopic (exact) mass is 367 g/mol. The van der Waals surface area contributed by atoms with Gasteiger partial charge in [0, 0.05) is 26.5 Å². The first-order chi connectivity index (χ1) is 11.7. The highest BCUT2D eigenvalue weighted by Gasteiger charge is 2.34. The predicted molar refractivity (Wildman–Crippen MR) is 111 cm³/mol. The molecule has 0 aliphatic carbocycles. The van der Waals surface area contributed by atoms with Crippen LogP contribution in [0.1, 0.15) is 40.0 Å². The third-order valence-electron chi connectivity index (χ3n) is 5.46. The minimum Gasteiger partial charge on any atom is -0.400 e. The predicted octanol–water partition coefficient (Wildman–Crippen LogP) is 5.18. The summed E-state index contributed by atoms with van der Waals surface area (Å²) >= 11 is 0. The molecule has 0 unspecified atom stereocenters. The normalized spacial score (nSPS) is 11.9. The van der Waals surface area contributed by atoms with Crippen molar-refractivity contribution in [2.24, 2.45) is 0 Å². The minimum absolute atomic E-state index is 1.12. The molecule has 0 fully saturated rings. The number of benzene rings is 1. The number of hydrogen-bond donors (Lipinski definition) is 0. The van der Waals surface area contributed by atoms with Gasteiger partial charge in [0.15, 0.2) is 8.24 Å². The van der Waals surface area contributed by atoms with Gasteiger partial charge in [0.2, 0.25) is 0 Å². The Morgan fingerprint density at radius 3 is 1.96 bits per heavy atom. The third-order valence-corrected chi connectivity index (χ3v) is 13.0. The second-order valence-corrected chi connectivity index (χ2v) is 14.0. The zero-order valence-electron chi connectivity index (χ0n) is 16.4. The van der Waals surface area contributed by atoms with E-state index in [1.807, 2.05) is 0 Å². The fourth-order valence-electron chi connectivity index (χ4n) is 3.66. The van der Waals surface area contributed by atoms with E-state index in [0.29, 0.717) is 0 Å². The lowest BCUT2D eigenvalue weighted by Gasteiger charge is -2.43. The van der Waals surface area contributed by atoms with Gasteiger partial charge in [0.1, 0.15) is 0 Å². The summed E-state index contributed by atoms with van der Waals surface area (Å²) < 4.78 is 13.6. The smallest absolute Gasteiger partial charge is 0.320 e. The van der Waals surface area contributed by atoms with E-state index >= 15 is 0 Å². The highest BCUT2D eigenvalue weighted by Crippen LogP contribution is 2.30. The Balaban J connectivity index is 2.67. The zero-order valence-corrected chi connectivity index (χ0v) is 18.5. The Bertz CT molecular complexity index is 414. The Morgan fingerprint density at radius 2 is 1.46 bits per heavy atom. The van der Waals surface area contributed by atoms with Crippen LogP contribution in [-0.2, 0) is 8.85 Å². The van der Waals surface area contributed by atoms with Gasteiger partial charge < -0.3 is 13.4 Å². The fourth-order valence-corrected chi connectivity index (χ4v) is 8.92. The molecule has 3 nitrogen and oxygen atoms in total. The number of hydrogen-bond acceptors (Lipinski definition) is 3. The van der Waals surface area contributed by atoms with Crippen molar-refractivity contribution in [2.75, 3.05) is 25.3 Å². The molecule has 0 saturated heterocycles. The Kier molecular flexibility index (Phi) is 10.6. The molecule has 0 radical (unpaired) electrons. The molecule has 0 amide bonds. The van der Waals surface area contributed by atoms with E-state index in [1.165, 1.54) is 49.6 Å².